The van der Waals surface area contributed by atoms with E-state index in [2.05, 4.69) is 32.5 Å². The Hall–Kier alpha value is -5.39. The summed E-state index contributed by atoms with van der Waals surface area (Å²) in [5.41, 5.74) is 14.9. The van der Waals surface area contributed by atoms with Gasteiger partial charge in [0, 0.05) is 49.6 Å². The SMILES string of the molecule is C=CN(C)Cc1ccccn1.CNC(=O)/C(N)=C(/C=C(\N)NC(=O)C1CC1)Nc1cccc(-c2cnc(C)c(F)c2)c1OC. The first-order valence-corrected chi connectivity index (χ1v) is 13.9. The van der Waals surface area contributed by atoms with Crippen LogP contribution in [-0.2, 0) is 16.1 Å². The lowest BCUT2D eigenvalue weighted by Crippen LogP contribution is -2.31. The molecule has 3 aromatic rings. The van der Waals surface area contributed by atoms with Gasteiger partial charge in [-0.05, 0) is 50.2 Å². The van der Waals surface area contributed by atoms with Crippen molar-refractivity contribution in [2.45, 2.75) is 26.3 Å². The Morgan fingerprint density at radius 1 is 1.18 bits per heavy atom. The van der Waals surface area contributed by atoms with Crippen molar-refractivity contribution in [3.8, 4) is 16.9 Å². The first-order valence-electron chi connectivity index (χ1n) is 13.9. The molecule has 0 bridgehead atoms. The number of anilines is 1. The molecule has 0 spiro atoms. The summed E-state index contributed by atoms with van der Waals surface area (Å²) in [4.78, 5) is 34.5. The number of likely N-dealkylation sites (N-methyl/N-ethyl adjacent to an activating group) is 1. The lowest BCUT2D eigenvalue weighted by Gasteiger charge is -2.17. The van der Waals surface area contributed by atoms with E-state index in [4.69, 9.17) is 16.2 Å². The largest absolute Gasteiger partial charge is 0.494 e. The van der Waals surface area contributed by atoms with Crippen molar-refractivity contribution in [3.63, 3.8) is 0 Å². The molecule has 0 saturated heterocycles. The van der Waals surface area contributed by atoms with Crippen LogP contribution >= 0.6 is 0 Å². The number of methoxy groups -OCH3 is 1. The smallest absolute Gasteiger partial charge is 0.269 e. The lowest BCUT2D eigenvalue weighted by molar-refractivity contribution is -0.121. The number of pyridine rings is 2. The monoisotopic (exact) mass is 602 g/mol. The van der Waals surface area contributed by atoms with Crippen LogP contribution in [-0.4, -0.2) is 47.9 Å². The van der Waals surface area contributed by atoms with Crippen LogP contribution in [0, 0.1) is 18.7 Å². The second kappa shape index (κ2) is 15.7. The van der Waals surface area contributed by atoms with Crippen LogP contribution in [0.3, 0.4) is 0 Å². The maximum atomic E-state index is 14.1. The zero-order valence-electron chi connectivity index (χ0n) is 25.4. The molecule has 2 aromatic heterocycles. The molecule has 0 unspecified atom stereocenters. The number of rotatable bonds is 11. The highest BCUT2D eigenvalue weighted by Gasteiger charge is 2.29. The topological polar surface area (TPSA) is 161 Å². The van der Waals surface area contributed by atoms with E-state index in [0.717, 1.165) is 25.1 Å². The summed E-state index contributed by atoms with van der Waals surface area (Å²) >= 11 is 0. The number of carbonyl (C=O) groups excluding carboxylic acids is 2. The first kappa shape index (κ1) is 33.1. The zero-order valence-corrected chi connectivity index (χ0v) is 25.4. The number of hydrogen-bond acceptors (Lipinski definition) is 9. The van der Waals surface area contributed by atoms with Crippen LogP contribution in [0.2, 0.25) is 0 Å². The van der Waals surface area contributed by atoms with Crippen LogP contribution in [0.1, 0.15) is 24.2 Å². The molecule has 11 nitrogen and oxygen atoms in total. The number of aryl methyl sites for hydroxylation is 1. The number of carbonyl (C=O) groups is 2. The van der Waals surface area contributed by atoms with Gasteiger partial charge in [0.05, 0.1) is 36.4 Å². The quantitative estimate of drug-likeness (QED) is 0.163. The summed E-state index contributed by atoms with van der Waals surface area (Å²) in [6.07, 6.45) is 8.13. The highest BCUT2D eigenvalue weighted by Crippen LogP contribution is 2.37. The van der Waals surface area contributed by atoms with Gasteiger partial charge in [0.15, 0.2) is 0 Å². The van der Waals surface area contributed by atoms with Crippen LogP contribution in [0.25, 0.3) is 11.1 Å². The number of hydrogen-bond donors (Lipinski definition) is 5. The van der Waals surface area contributed by atoms with Gasteiger partial charge < -0.3 is 37.1 Å². The molecule has 4 rings (SSSR count). The van der Waals surface area contributed by atoms with Gasteiger partial charge in [-0.3, -0.25) is 19.6 Å². The van der Waals surface area contributed by atoms with Gasteiger partial charge in [-0.25, -0.2) is 4.39 Å². The van der Waals surface area contributed by atoms with Crippen LogP contribution in [0.5, 0.6) is 5.75 Å². The first-order chi connectivity index (χ1) is 21.1. The van der Waals surface area contributed by atoms with E-state index in [1.807, 2.05) is 30.1 Å². The number of aromatic nitrogens is 2. The average molecular weight is 603 g/mol. The number of allylic oxidation sites excluding steroid dienone is 1. The average Bonchev–Trinajstić information content (AvgIpc) is 3.88. The molecule has 2 heterocycles. The molecule has 0 atom stereocenters. The number of nitrogens with two attached hydrogens (primary N) is 2. The van der Waals surface area contributed by atoms with Crippen LogP contribution in [0.15, 0.2) is 90.9 Å². The fraction of sp³-hybridized carbons (Fsp3) is 0.250. The summed E-state index contributed by atoms with van der Waals surface area (Å²) in [5, 5.41) is 8.10. The Labute approximate surface area is 256 Å². The van der Waals surface area contributed by atoms with E-state index in [1.165, 1.54) is 26.3 Å². The highest BCUT2D eigenvalue weighted by molar-refractivity contribution is 5.94. The van der Waals surface area contributed by atoms with Gasteiger partial charge >= 0.3 is 0 Å². The summed E-state index contributed by atoms with van der Waals surface area (Å²) < 4.78 is 19.7. The molecule has 7 N–H and O–H groups in total. The fourth-order valence-electron chi connectivity index (χ4n) is 3.91. The van der Waals surface area contributed by atoms with Crippen molar-refractivity contribution < 1.29 is 18.7 Å². The van der Waals surface area contributed by atoms with Gasteiger partial charge in [0.2, 0.25) is 5.91 Å². The zero-order chi connectivity index (χ0) is 32.2. The van der Waals surface area contributed by atoms with Gasteiger partial charge in [-0.1, -0.05) is 24.8 Å². The molecule has 232 valence electrons. The van der Waals surface area contributed by atoms with Crippen LogP contribution in [0.4, 0.5) is 10.1 Å². The van der Waals surface area contributed by atoms with E-state index in [0.29, 0.717) is 22.6 Å². The molecule has 12 heteroatoms. The van der Waals surface area contributed by atoms with Crippen molar-refractivity contribution in [3.05, 3.63) is 108 Å². The predicted molar refractivity (Wildman–Crippen MR) is 169 cm³/mol. The molecule has 1 aliphatic carbocycles. The Kier molecular flexibility index (Phi) is 11.8. The van der Waals surface area contributed by atoms with E-state index in [1.54, 1.807) is 43.7 Å². The number of nitrogens with zero attached hydrogens (tertiary/aromatic N) is 3. The van der Waals surface area contributed by atoms with Gasteiger partial charge in [-0.15, -0.1) is 0 Å². The number of ether oxygens (including phenoxy) is 1. The van der Waals surface area contributed by atoms with Gasteiger partial charge in [0.1, 0.15) is 23.1 Å². The molecular formula is C32H39FN8O3. The third kappa shape index (κ3) is 9.31. The third-order valence-electron chi connectivity index (χ3n) is 6.55. The second-order valence-corrected chi connectivity index (χ2v) is 9.99. The molecule has 0 radical (unpaired) electrons. The number of halogens is 1. The highest BCUT2D eigenvalue weighted by atomic mass is 19.1. The molecule has 0 aliphatic heterocycles. The summed E-state index contributed by atoms with van der Waals surface area (Å²) in [6, 6.07) is 12.4. The maximum Gasteiger partial charge on any atom is 0.269 e. The summed E-state index contributed by atoms with van der Waals surface area (Å²) in [6.45, 7) is 6.05. The lowest BCUT2D eigenvalue weighted by atomic mass is 10.0. The Morgan fingerprint density at radius 2 is 1.93 bits per heavy atom. The predicted octanol–water partition coefficient (Wildman–Crippen LogP) is 3.52. The molecule has 1 fully saturated rings. The normalized spacial score (nSPS) is 13.0. The minimum atomic E-state index is -0.546. The van der Waals surface area contributed by atoms with E-state index >= 15 is 0 Å². The number of amides is 2. The van der Waals surface area contributed by atoms with Crippen molar-refractivity contribution >= 4 is 17.5 Å². The van der Waals surface area contributed by atoms with Crippen molar-refractivity contribution in [2.75, 3.05) is 26.5 Å². The van der Waals surface area contributed by atoms with E-state index in [-0.39, 0.29) is 34.7 Å². The minimum absolute atomic E-state index is 0.0289. The van der Waals surface area contributed by atoms with Crippen LogP contribution < -0.4 is 32.2 Å². The maximum absolute atomic E-state index is 14.1. The number of nitrogens with one attached hydrogen (secondary N) is 3. The minimum Gasteiger partial charge on any atom is -0.494 e. The summed E-state index contributed by atoms with van der Waals surface area (Å²) in [5.74, 6) is -0.821. The molecule has 44 heavy (non-hydrogen) atoms. The van der Waals surface area contributed by atoms with Crippen molar-refractivity contribution in [1.29, 1.82) is 0 Å². The molecule has 1 aromatic carbocycles. The Morgan fingerprint density at radius 3 is 2.52 bits per heavy atom. The van der Waals surface area contributed by atoms with Crippen molar-refractivity contribution in [1.82, 2.24) is 25.5 Å². The number of para-hydroxylation sites is 1. The second-order valence-electron chi connectivity index (χ2n) is 9.99. The van der Waals surface area contributed by atoms with Gasteiger partial charge in [-0.2, -0.15) is 0 Å². The molecule has 1 aliphatic rings. The van der Waals surface area contributed by atoms with Crippen molar-refractivity contribution in [2.24, 2.45) is 17.4 Å². The molecule has 1 saturated carbocycles. The standard InChI is InChI=1S/C23H27FN6O3.C9H12N2/c1-12-16(24)9-14(11-28-12)15-5-4-6-17(21(15)33-3)29-18(20(26)23(32)27-2)10-19(25)30-22(31)13-7-8-13;1-3-11(2)8-9-6-4-5-7-10-9/h4-6,9-11,13,29H,7-8,25-26H2,1-3H3,(H,27,32)(H,30,31);3-7H,1,8H2,2H3/b19-10+,20-18+;. The van der Waals surface area contributed by atoms with Gasteiger partial charge in [0.25, 0.3) is 5.91 Å². The van der Waals surface area contributed by atoms with E-state index in [9.17, 15) is 14.0 Å². The Bertz CT molecular complexity index is 1540. The van der Waals surface area contributed by atoms with E-state index < -0.39 is 11.7 Å². The molecule has 2 amide bonds. The summed E-state index contributed by atoms with van der Waals surface area (Å²) in [7, 11) is 4.88. The number of benzene rings is 1. The third-order valence-corrected chi connectivity index (χ3v) is 6.55. The molecular weight excluding hydrogens is 563 g/mol. The fourth-order valence-corrected chi connectivity index (χ4v) is 3.91. The Balaban J connectivity index is 0.000000404.